The highest BCUT2D eigenvalue weighted by atomic mass is 32.2. The van der Waals surface area contributed by atoms with Crippen molar-refractivity contribution >= 4 is 39.0 Å². The van der Waals surface area contributed by atoms with Crippen molar-refractivity contribution in [3.05, 3.63) is 18.2 Å². The van der Waals surface area contributed by atoms with Crippen molar-refractivity contribution < 1.29 is 27.7 Å². The fraction of sp³-hybridized carbons (Fsp3) is 0.100. The van der Waals surface area contributed by atoms with E-state index in [0.717, 1.165) is 11.1 Å². The zero-order chi connectivity index (χ0) is 15.1. The fourth-order valence-corrected chi connectivity index (χ4v) is 2.35. The van der Waals surface area contributed by atoms with Crippen LogP contribution in [0.4, 0.5) is 11.4 Å². The van der Waals surface area contributed by atoms with Gasteiger partial charge in [-0.15, -0.1) is 0 Å². The summed E-state index contributed by atoms with van der Waals surface area (Å²) in [5, 5.41) is 13.2. The summed E-state index contributed by atoms with van der Waals surface area (Å²) in [6.45, 7) is -0.451. The lowest BCUT2D eigenvalue weighted by Gasteiger charge is -2.16. The number of rotatable bonds is 3. The van der Waals surface area contributed by atoms with Crippen molar-refractivity contribution in [1.82, 2.24) is 0 Å². The van der Waals surface area contributed by atoms with Gasteiger partial charge in [0.05, 0.1) is 5.69 Å². The van der Waals surface area contributed by atoms with Gasteiger partial charge in [0.15, 0.2) is 0 Å². The quantitative estimate of drug-likeness (QED) is 0.492. The monoisotopic (exact) mass is 299 g/mol. The highest BCUT2D eigenvalue weighted by molar-refractivity contribution is 7.86. The van der Waals surface area contributed by atoms with Crippen molar-refractivity contribution in [2.24, 2.45) is 5.10 Å². The van der Waals surface area contributed by atoms with Gasteiger partial charge < -0.3 is 10.8 Å². The summed E-state index contributed by atoms with van der Waals surface area (Å²) in [6.07, 6.45) is 0. The highest BCUT2D eigenvalue weighted by Gasteiger charge is 2.32. The number of hydrogen-bond donors (Lipinski definition) is 3. The number of carboxylic acids is 1. The molecule has 4 N–H and O–H groups in total. The molecule has 2 rings (SSSR count). The van der Waals surface area contributed by atoms with Crippen molar-refractivity contribution in [1.29, 1.82) is 0 Å². The van der Waals surface area contributed by atoms with Crippen LogP contribution in [0.3, 0.4) is 0 Å². The van der Waals surface area contributed by atoms with Crippen molar-refractivity contribution in [3.8, 4) is 0 Å². The predicted octanol–water partition coefficient (Wildman–Crippen LogP) is -0.655. The van der Waals surface area contributed by atoms with Gasteiger partial charge in [0.1, 0.15) is 11.4 Å². The van der Waals surface area contributed by atoms with Gasteiger partial charge in [0, 0.05) is 5.69 Å². The lowest BCUT2D eigenvalue weighted by Crippen LogP contribution is -2.23. The van der Waals surface area contributed by atoms with Crippen LogP contribution in [0.1, 0.15) is 0 Å². The van der Waals surface area contributed by atoms with E-state index in [9.17, 15) is 18.0 Å². The Morgan fingerprint density at radius 1 is 1.40 bits per heavy atom. The van der Waals surface area contributed by atoms with Crippen LogP contribution in [-0.2, 0) is 19.7 Å². The van der Waals surface area contributed by atoms with Gasteiger partial charge in [0.25, 0.3) is 10.1 Å². The van der Waals surface area contributed by atoms with E-state index in [4.69, 9.17) is 15.4 Å². The number of carboxylic acid groups (broad SMARTS) is 1. The van der Waals surface area contributed by atoms with Crippen molar-refractivity contribution in [2.45, 2.75) is 4.90 Å². The van der Waals surface area contributed by atoms with E-state index in [-0.39, 0.29) is 11.4 Å². The van der Waals surface area contributed by atoms with Gasteiger partial charge in [-0.2, -0.15) is 13.5 Å². The van der Waals surface area contributed by atoms with Gasteiger partial charge >= 0.3 is 5.97 Å². The minimum Gasteiger partial charge on any atom is -0.476 e. The molecule has 20 heavy (non-hydrogen) atoms. The SMILES string of the molecule is Nc1ccc(S(=O)(=O)O)c(N2CC(=O)C(C(=O)O)=N2)c1. The van der Waals surface area contributed by atoms with Crippen LogP contribution in [0, 0.1) is 0 Å². The number of ketones is 1. The molecule has 0 aliphatic carbocycles. The van der Waals surface area contributed by atoms with E-state index >= 15 is 0 Å². The van der Waals surface area contributed by atoms with Crippen LogP contribution in [0.25, 0.3) is 0 Å². The van der Waals surface area contributed by atoms with Crippen LogP contribution in [0.5, 0.6) is 0 Å². The number of carbonyl (C=O) groups excluding carboxylic acids is 1. The molecule has 0 saturated heterocycles. The topological polar surface area (TPSA) is 150 Å². The number of hydrazone groups is 1. The van der Waals surface area contributed by atoms with E-state index in [0.29, 0.717) is 0 Å². The summed E-state index contributed by atoms with van der Waals surface area (Å²) in [4.78, 5) is 21.7. The summed E-state index contributed by atoms with van der Waals surface area (Å²) < 4.78 is 31.6. The van der Waals surface area contributed by atoms with Crippen LogP contribution in [0.15, 0.2) is 28.2 Å². The molecular weight excluding hydrogens is 290 g/mol. The zero-order valence-corrected chi connectivity index (χ0v) is 10.7. The summed E-state index contributed by atoms with van der Waals surface area (Å²) in [5.41, 5.74) is 4.80. The molecule has 1 aliphatic rings. The smallest absolute Gasteiger partial charge is 0.360 e. The number of aliphatic carboxylic acids is 1. The molecule has 1 aromatic rings. The Balaban J connectivity index is 2.57. The van der Waals surface area contributed by atoms with Crippen molar-refractivity contribution in [2.75, 3.05) is 17.3 Å². The maximum absolute atomic E-state index is 11.4. The van der Waals surface area contributed by atoms with E-state index in [1.807, 2.05) is 0 Å². The number of hydrogen-bond acceptors (Lipinski definition) is 7. The molecule has 1 aromatic carbocycles. The molecule has 0 atom stereocenters. The second kappa shape index (κ2) is 4.58. The van der Waals surface area contributed by atoms with Crippen LogP contribution < -0.4 is 10.7 Å². The number of benzene rings is 1. The number of Topliss-reactive ketones (excluding diaryl/α,β-unsaturated/α-hetero) is 1. The van der Waals surface area contributed by atoms with Gasteiger partial charge in [0.2, 0.25) is 11.5 Å². The second-order valence-corrected chi connectivity index (χ2v) is 5.33. The average Bonchev–Trinajstić information content (AvgIpc) is 2.69. The minimum atomic E-state index is -4.57. The number of carbonyl (C=O) groups is 2. The third-order valence-corrected chi connectivity index (χ3v) is 3.42. The molecule has 1 heterocycles. The van der Waals surface area contributed by atoms with E-state index in [1.165, 1.54) is 12.1 Å². The normalized spacial score (nSPS) is 15.3. The van der Waals surface area contributed by atoms with E-state index in [2.05, 4.69) is 5.10 Å². The first-order chi connectivity index (χ1) is 9.20. The standard InChI is InChI=1S/C10H9N3O6S/c11-5-1-2-8(20(17,18)19)6(3-5)13-4-7(14)9(12-13)10(15)16/h1-3H,4,11H2,(H,15,16)(H,17,18,19). The fourth-order valence-electron chi connectivity index (χ4n) is 1.68. The molecule has 10 heteroatoms. The average molecular weight is 299 g/mol. The number of nitrogen functional groups attached to an aromatic ring is 1. The first kappa shape index (κ1) is 14.0. The third kappa shape index (κ3) is 2.46. The number of anilines is 2. The number of nitrogens with zero attached hydrogens (tertiary/aromatic N) is 2. The zero-order valence-electron chi connectivity index (χ0n) is 9.85. The Hall–Kier alpha value is -2.46. The molecule has 106 valence electrons. The first-order valence-electron chi connectivity index (χ1n) is 5.20. The molecular formula is C10H9N3O6S. The van der Waals surface area contributed by atoms with Gasteiger partial charge in [-0.05, 0) is 18.2 Å². The Kier molecular flexibility index (Phi) is 3.19. The molecule has 0 bridgehead atoms. The molecule has 0 amide bonds. The number of nitrogens with two attached hydrogens (primary N) is 1. The summed E-state index contributed by atoms with van der Waals surface area (Å²) in [7, 11) is -4.57. The van der Waals surface area contributed by atoms with E-state index in [1.54, 1.807) is 0 Å². The Morgan fingerprint density at radius 2 is 2.05 bits per heavy atom. The lowest BCUT2D eigenvalue weighted by molar-refractivity contribution is -0.130. The van der Waals surface area contributed by atoms with Crippen LogP contribution >= 0.6 is 0 Å². The maximum atomic E-state index is 11.4. The minimum absolute atomic E-state index is 0.166. The molecule has 0 saturated carbocycles. The Morgan fingerprint density at radius 3 is 2.55 bits per heavy atom. The molecule has 1 aliphatic heterocycles. The third-order valence-electron chi connectivity index (χ3n) is 2.52. The molecule has 0 radical (unpaired) electrons. The second-order valence-electron chi connectivity index (χ2n) is 3.94. The van der Waals surface area contributed by atoms with Crippen LogP contribution in [-0.4, -0.2) is 42.1 Å². The molecule has 0 fully saturated rings. The van der Waals surface area contributed by atoms with Gasteiger partial charge in [-0.25, -0.2) is 4.79 Å². The molecule has 0 aromatic heterocycles. The lowest BCUT2D eigenvalue weighted by atomic mass is 10.2. The van der Waals surface area contributed by atoms with Gasteiger partial charge in [-0.1, -0.05) is 0 Å². The molecule has 0 spiro atoms. The van der Waals surface area contributed by atoms with Crippen LogP contribution in [0.2, 0.25) is 0 Å². The van der Waals surface area contributed by atoms with Gasteiger partial charge in [-0.3, -0.25) is 14.4 Å². The molecule has 0 unspecified atom stereocenters. The summed E-state index contributed by atoms with van der Waals surface area (Å²) >= 11 is 0. The predicted molar refractivity (Wildman–Crippen MR) is 68.1 cm³/mol. The maximum Gasteiger partial charge on any atom is 0.360 e. The molecule has 9 nitrogen and oxygen atoms in total. The highest BCUT2D eigenvalue weighted by Crippen LogP contribution is 2.29. The Labute approximate surface area is 113 Å². The summed E-state index contributed by atoms with van der Waals surface area (Å²) in [6, 6.07) is 3.45. The Bertz CT molecular complexity index is 739. The first-order valence-corrected chi connectivity index (χ1v) is 6.64. The largest absolute Gasteiger partial charge is 0.476 e. The van der Waals surface area contributed by atoms with E-state index < -0.39 is 39.0 Å². The van der Waals surface area contributed by atoms with Crippen molar-refractivity contribution in [3.63, 3.8) is 0 Å². The summed E-state index contributed by atoms with van der Waals surface area (Å²) in [5.74, 6) is -2.30.